The number of carbonyl (C=O) groups excluding carboxylic acids is 2. The molecule has 0 aromatic heterocycles. The van der Waals surface area contributed by atoms with Crippen LogP contribution in [-0.4, -0.2) is 60.2 Å². The van der Waals surface area contributed by atoms with Crippen LogP contribution in [0.2, 0.25) is 5.02 Å². The minimum atomic E-state index is -0.835. The molecule has 1 atom stereocenters. The van der Waals surface area contributed by atoms with Crippen molar-refractivity contribution in [3.05, 3.63) is 38.9 Å². The van der Waals surface area contributed by atoms with Crippen LogP contribution in [0.15, 0.2) is 18.2 Å². The van der Waals surface area contributed by atoms with Crippen LogP contribution in [0.5, 0.6) is 0 Å². The first-order valence-electron chi connectivity index (χ1n) is 7.56. The number of benzene rings is 1. The first-order chi connectivity index (χ1) is 11.8. The number of halogens is 1. The van der Waals surface area contributed by atoms with E-state index in [4.69, 9.17) is 21.1 Å². The molecule has 9 nitrogen and oxygen atoms in total. The third-order valence-corrected chi connectivity index (χ3v) is 4.08. The SMILES string of the molecule is CC(OC(=O)N(C)C(=O)N1CCOCC1)c1ccc([N+](=O)[O-])cc1Cl. The van der Waals surface area contributed by atoms with Crippen LogP contribution in [0.25, 0.3) is 0 Å². The van der Waals surface area contributed by atoms with Gasteiger partial charge in [-0.05, 0) is 13.0 Å². The van der Waals surface area contributed by atoms with Crippen LogP contribution >= 0.6 is 11.6 Å². The summed E-state index contributed by atoms with van der Waals surface area (Å²) in [6.45, 7) is 3.21. The second kappa shape index (κ2) is 8.13. The van der Waals surface area contributed by atoms with Crippen LogP contribution < -0.4 is 0 Å². The van der Waals surface area contributed by atoms with Crippen LogP contribution in [0.3, 0.4) is 0 Å². The van der Waals surface area contributed by atoms with E-state index < -0.39 is 23.2 Å². The molecular formula is C15H18ClN3O6. The molecule has 1 heterocycles. The fraction of sp³-hybridized carbons (Fsp3) is 0.467. The van der Waals surface area contributed by atoms with E-state index in [1.807, 2.05) is 0 Å². The Morgan fingerprint density at radius 3 is 2.60 bits per heavy atom. The van der Waals surface area contributed by atoms with Gasteiger partial charge in [0.15, 0.2) is 0 Å². The van der Waals surface area contributed by atoms with Crippen LogP contribution in [0.1, 0.15) is 18.6 Å². The number of hydrogen-bond acceptors (Lipinski definition) is 6. The lowest BCUT2D eigenvalue weighted by Gasteiger charge is -2.30. The highest BCUT2D eigenvalue weighted by molar-refractivity contribution is 6.31. The van der Waals surface area contributed by atoms with Crippen molar-refractivity contribution in [2.45, 2.75) is 13.0 Å². The van der Waals surface area contributed by atoms with Gasteiger partial charge in [0.05, 0.1) is 23.2 Å². The van der Waals surface area contributed by atoms with Gasteiger partial charge in [0, 0.05) is 37.8 Å². The van der Waals surface area contributed by atoms with Crippen molar-refractivity contribution in [2.24, 2.45) is 0 Å². The van der Waals surface area contributed by atoms with Gasteiger partial charge in [-0.2, -0.15) is 0 Å². The average molecular weight is 372 g/mol. The van der Waals surface area contributed by atoms with Gasteiger partial charge in [-0.1, -0.05) is 11.6 Å². The summed E-state index contributed by atoms with van der Waals surface area (Å²) in [6.07, 6.45) is -1.61. The van der Waals surface area contributed by atoms with Crippen LogP contribution in [-0.2, 0) is 9.47 Å². The molecule has 3 amide bonds. The molecule has 1 aliphatic rings. The van der Waals surface area contributed by atoms with Gasteiger partial charge in [-0.25, -0.2) is 14.5 Å². The summed E-state index contributed by atoms with van der Waals surface area (Å²) < 4.78 is 10.4. The monoisotopic (exact) mass is 371 g/mol. The molecule has 10 heteroatoms. The Labute approximate surface area is 149 Å². The number of rotatable bonds is 3. The first-order valence-corrected chi connectivity index (χ1v) is 7.94. The molecular weight excluding hydrogens is 354 g/mol. The smallest absolute Gasteiger partial charge is 0.418 e. The van der Waals surface area contributed by atoms with E-state index >= 15 is 0 Å². The maximum Gasteiger partial charge on any atom is 0.418 e. The number of nitrogens with zero attached hydrogens (tertiary/aromatic N) is 3. The fourth-order valence-corrected chi connectivity index (χ4v) is 2.63. The van der Waals surface area contributed by atoms with E-state index in [1.165, 1.54) is 30.1 Å². The third kappa shape index (κ3) is 4.58. The highest BCUT2D eigenvalue weighted by atomic mass is 35.5. The Kier molecular flexibility index (Phi) is 6.16. The van der Waals surface area contributed by atoms with Gasteiger partial charge in [0.2, 0.25) is 0 Å². The second-order valence-corrected chi connectivity index (χ2v) is 5.84. The van der Waals surface area contributed by atoms with Crippen molar-refractivity contribution in [1.82, 2.24) is 9.80 Å². The van der Waals surface area contributed by atoms with E-state index in [9.17, 15) is 19.7 Å². The number of nitro groups is 1. The second-order valence-electron chi connectivity index (χ2n) is 5.43. The Morgan fingerprint density at radius 2 is 2.04 bits per heavy atom. The van der Waals surface area contributed by atoms with Gasteiger partial charge in [0.1, 0.15) is 6.10 Å². The number of imide groups is 1. The number of ether oxygens (including phenoxy) is 2. The van der Waals surface area contributed by atoms with Crippen molar-refractivity contribution >= 4 is 29.4 Å². The highest BCUT2D eigenvalue weighted by Gasteiger charge is 2.27. The van der Waals surface area contributed by atoms with E-state index in [0.29, 0.717) is 31.9 Å². The Morgan fingerprint density at radius 1 is 1.40 bits per heavy atom. The molecule has 1 saturated heterocycles. The number of urea groups is 1. The third-order valence-electron chi connectivity index (χ3n) is 3.75. The Bertz CT molecular complexity index is 677. The zero-order chi connectivity index (χ0) is 18.6. The average Bonchev–Trinajstić information content (AvgIpc) is 2.60. The summed E-state index contributed by atoms with van der Waals surface area (Å²) >= 11 is 6.02. The molecule has 136 valence electrons. The minimum Gasteiger partial charge on any atom is -0.441 e. The summed E-state index contributed by atoms with van der Waals surface area (Å²) in [5, 5.41) is 10.8. The molecule has 1 aromatic rings. The quantitative estimate of drug-likeness (QED) is 0.598. The van der Waals surface area contributed by atoms with E-state index in [2.05, 4.69) is 0 Å². The summed E-state index contributed by atoms with van der Waals surface area (Å²) in [5.41, 5.74) is 0.250. The summed E-state index contributed by atoms with van der Waals surface area (Å²) in [5.74, 6) is 0. The minimum absolute atomic E-state index is 0.108. The number of nitro benzene ring substituents is 1. The maximum absolute atomic E-state index is 12.2. The van der Waals surface area contributed by atoms with E-state index in [-0.39, 0.29) is 10.7 Å². The Balaban J connectivity index is 2.01. The molecule has 1 unspecified atom stereocenters. The van der Waals surface area contributed by atoms with E-state index in [0.717, 1.165) is 4.90 Å². The highest BCUT2D eigenvalue weighted by Crippen LogP contribution is 2.29. The number of amides is 3. The maximum atomic E-state index is 12.2. The van der Waals surface area contributed by atoms with Crippen molar-refractivity contribution < 1.29 is 24.0 Å². The lowest BCUT2D eigenvalue weighted by molar-refractivity contribution is -0.384. The number of carbonyl (C=O) groups is 2. The molecule has 0 radical (unpaired) electrons. The molecule has 0 saturated carbocycles. The topological polar surface area (TPSA) is 102 Å². The first kappa shape index (κ1) is 18.9. The molecule has 0 bridgehead atoms. The zero-order valence-electron chi connectivity index (χ0n) is 13.8. The predicted molar refractivity (Wildman–Crippen MR) is 88.6 cm³/mol. The summed E-state index contributed by atoms with van der Waals surface area (Å²) in [6, 6.07) is 3.40. The molecule has 0 spiro atoms. The molecule has 0 aliphatic carbocycles. The van der Waals surface area contributed by atoms with Crippen LogP contribution in [0.4, 0.5) is 15.3 Å². The lowest BCUT2D eigenvalue weighted by atomic mass is 10.1. The summed E-state index contributed by atoms with van der Waals surface area (Å²) in [4.78, 5) is 36.9. The lowest BCUT2D eigenvalue weighted by Crippen LogP contribution is -2.48. The molecule has 25 heavy (non-hydrogen) atoms. The zero-order valence-corrected chi connectivity index (χ0v) is 14.6. The number of morpholine rings is 1. The van der Waals surface area contributed by atoms with Gasteiger partial charge >= 0.3 is 12.1 Å². The van der Waals surface area contributed by atoms with Gasteiger partial charge in [-0.3, -0.25) is 10.1 Å². The molecule has 1 aromatic carbocycles. The van der Waals surface area contributed by atoms with Crippen molar-refractivity contribution in [3.8, 4) is 0 Å². The fourth-order valence-electron chi connectivity index (χ4n) is 2.30. The molecule has 1 fully saturated rings. The van der Waals surface area contributed by atoms with E-state index in [1.54, 1.807) is 6.92 Å². The molecule has 0 N–H and O–H groups in total. The number of hydrogen-bond donors (Lipinski definition) is 0. The van der Waals surface area contributed by atoms with Crippen molar-refractivity contribution in [1.29, 1.82) is 0 Å². The van der Waals surface area contributed by atoms with Crippen molar-refractivity contribution in [2.75, 3.05) is 33.4 Å². The molecule has 2 rings (SSSR count). The predicted octanol–water partition coefficient (Wildman–Crippen LogP) is 2.83. The largest absolute Gasteiger partial charge is 0.441 e. The number of non-ortho nitro benzene ring substituents is 1. The van der Waals surface area contributed by atoms with Crippen LogP contribution in [0, 0.1) is 10.1 Å². The normalized spacial score (nSPS) is 15.4. The van der Waals surface area contributed by atoms with Gasteiger partial charge in [0.25, 0.3) is 5.69 Å². The van der Waals surface area contributed by atoms with Gasteiger partial charge in [-0.15, -0.1) is 0 Å². The Hall–Kier alpha value is -2.39. The summed E-state index contributed by atoms with van der Waals surface area (Å²) in [7, 11) is 1.32. The van der Waals surface area contributed by atoms with Crippen molar-refractivity contribution in [3.63, 3.8) is 0 Å². The van der Waals surface area contributed by atoms with Gasteiger partial charge < -0.3 is 14.4 Å². The standard InChI is InChI=1S/C15H18ClN3O6/c1-10(12-4-3-11(19(22)23)9-13(12)16)25-15(21)17(2)14(20)18-5-7-24-8-6-18/h3-4,9-10H,5-8H2,1-2H3. The molecule has 1 aliphatic heterocycles.